The second-order valence-electron chi connectivity index (χ2n) is 5.72. The lowest BCUT2D eigenvalue weighted by atomic mass is 10.2. The van der Waals surface area contributed by atoms with E-state index in [0.717, 1.165) is 52.0 Å². The van der Waals surface area contributed by atoms with E-state index in [1.54, 1.807) is 11.1 Å². The molecule has 22 heavy (non-hydrogen) atoms. The summed E-state index contributed by atoms with van der Waals surface area (Å²) in [6, 6.07) is 6.87. The van der Waals surface area contributed by atoms with Gasteiger partial charge in [-0.05, 0) is 18.6 Å². The molecule has 0 aromatic heterocycles. The summed E-state index contributed by atoms with van der Waals surface area (Å²) in [4.78, 5) is 13.3. The van der Waals surface area contributed by atoms with Gasteiger partial charge in [0, 0.05) is 32.7 Å². The highest BCUT2D eigenvalue weighted by molar-refractivity contribution is 5.49. The standard InChI is InChI=1S/C17H26FN3O/c1-2-3-4-7-10-21(15-22)20-13-11-19(12-14-20)17-9-6-5-8-16(17)18/h5-6,8-9,15H,2-4,7,10-14H2,1H3. The lowest BCUT2D eigenvalue weighted by Crippen LogP contribution is -2.53. The number of para-hydroxylation sites is 1. The predicted molar refractivity (Wildman–Crippen MR) is 87.1 cm³/mol. The van der Waals surface area contributed by atoms with Gasteiger partial charge in [0.25, 0.3) is 0 Å². The first-order chi connectivity index (χ1) is 10.8. The molecular formula is C17H26FN3O. The number of hydrogen-bond acceptors (Lipinski definition) is 3. The fourth-order valence-corrected chi connectivity index (χ4v) is 2.86. The number of unbranched alkanes of at least 4 members (excludes halogenated alkanes) is 3. The normalized spacial score (nSPS) is 15.8. The maximum Gasteiger partial charge on any atom is 0.224 e. The van der Waals surface area contributed by atoms with Crippen molar-refractivity contribution in [1.29, 1.82) is 0 Å². The van der Waals surface area contributed by atoms with Gasteiger partial charge in [-0.15, -0.1) is 0 Å². The number of amides is 1. The number of benzene rings is 1. The number of hydrogen-bond donors (Lipinski definition) is 0. The molecule has 1 aliphatic heterocycles. The van der Waals surface area contributed by atoms with Gasteiger partial charge in [-0.1, -0.05) is 38.3 Å². The third kappa shape index (κ3) is 4.44. The lowest BCUT2D eigenvalue weighted by Gasteiger charge is -2.40. The highest BCUT2D eigenvalue weighted by atomic mass is 19.1. The first-order valence-electron chi connectivity index (χ1n) is 8.22. The van der Waals surface area contributed by atoms with Crippen LogP contribution in [-0.4, -0.2) is 49.2 Å². The molecule has 0 unspecified atom stereocenters. The van der Waals surface area contributed by atoms with Crippen molar-refractivity contribution in [3.05, 3.63) is 30.1 Å². The predicted octanol–water partition coefficient (Wildman–Crippen LogP) is 2.90. The molecule has 0 saturated carbocycles. The summed E-state index contributed by atoms with van der Waals surface area (Å²) in [7, 11) is 0. The molecule has 0 radical (unpaired) electrons. The second-order valence-corrected chi connectivity index (χ2v) is 5.72. The van der Waals surface area contributed by atoms with Crippen LogP contribution in [0.25, 0.3) is 0 Å². The number of nitrogens with zero attached hydrogens (tertiary/aromatic N) is 3. The van der Waals surface area contributed by atoms with E-state index in [2.05, 4.69) is 11.9 Å². The zero-order valence-corrected chi connectivity index (χ0v) is 13.4. The molecule has 1 saturated heterocycles. The van der Waals surface area contributed by atoms with Gasteiger partial charge in [0.2, 0.25) is 6.41 Å². The molecule has 0 N–H and O–H groups in total. The third-order valence-electron chi connectivity index (χ3n) is 4.17. The third-order valence-corrected chi connectivity index (χ3v) is 4.17. The minimum atomic E-state index is -0.178. The number of halogens is 1. The minimum absolute atomic E-state index is 0.178. The van der Waals surface area contributed by atoms with Gasteiger partial charge in [-0.3, -0.25) is 9.80 Å². The number of rotatable bonds is 8. The van der Waals surface area contributed by atoms with E-state index in [9.17, 15) is 9.18 Å². The topological polar surface area (TPSA) is 26.8 Å². The van der Waals surface area contributed by atoms with E-state index in [1.165, 1.54) is 18.9 Å². The van der Waals surface area contributed by atoms with Crippen LogP contribution in [0.3, 0.4) is 0 Å². The van der Waals surface area contributed by atoms with Crippen LogP contribution in [-0.2, 0) is 4.79 Å². The van der Waals surface area contributed by atoms with Crippen LogP contribution in [0.5, 0.6) is 0 Å². The van der Waals surface area contributed by atoms with E-state index in [-0.39, 0.29) is 5.82 Å². The average molecular weight is 307 g/mol. The van der Waals surface area contributed by atoms with Gasteiger partial charge < -0.3 is 4.90 Å². The minimum Gasteiger partial charge on any atom is -0.366 e. The Morgan fingerprint density at radius 3 is 2.50 bits per heavy atom. The average Bonchev–Trinajstić information content (AvgIpc) is 2.56. The Balaban J connectivity index is 1.82. The Bertz CT molecular complexity index is 461. The zero-order chi connectivity index (χ0) is 15.8. The maximum atomic E-state index is 13.8. The molecule has 0 spiro atoms. The quantitative estimate of drug-likeness (QED) is 0.546. The van der Waals surface area contributed by atoms with Crippen molar-refractivity contribution >= 4 is 12.1 Å². The van der Waals surface area contributed by atoms with Crippen LogP contribution in [0.1, 0.15) is 32.6 Å². The molecule has 1 heterocycles. The molecule has 1 aromatic carbocycles. The maximum absolute atomic E-state index is 13.8. The molecule has 5 heteroatoms. The molecule has 0 atom stereocenters. The summed E-state index contributed by atoms with van der Waals surface area (Å²) in [5.41, 5.74) is 0.655. The van der Waals surface area contributed by atoms with E-state index in [4.69, 9.17) is 0 Å². The van der Waals surface area contributed by atoms with E-state index in [1.807, 2.05) is 17.0 Å². The summed E-state index contributed by atoms with van der Waals surface area (Å²) in [6.07, 6.45) is 5.54. The summed E-state index contributed by atoms with van der Waals surface area (Å²) in [6.45, 7) is 5.94. The highest BCUT2D eigenvalue weighted by Gasteiger charge is 2.22. The molecular weight excluding hydrogens is 281 g/mol. The van der Waals surface area contributed by atoms with Crippen LogP contribution in [0, 0.1) is 5.82 Å². The van der Waals surface area contributed by atoms with Crippen molar-refractivity contribution in [2.75, 3.05) is 37.6 Å². The van der Waals surface area contributed by atoms with Crippen LogP contribution < -0.4 is 4.90 Å². The van der Waals surface area contributed by atoms with Gasteiger partial charge in [0.1, 0.15) is 5.82 Å². The summed E-state index contributed by atoms with van der Waals surface area (Å²) < 4.78 is 13.8. The molecule has 2 rings (SSSR count). The summed E-state index contributed by atoms with van der Waals surface area (Å²) >= 11 is 0. The summed E-state index contributed by atoms with van der Waals surface area (Å²) in [5.74, 6) is -0.178. The SMILES string of the molecule is CCCCCCN(C=O)N1CCN(c2ccccc2F)CC1. The number of hydrazine groups is 1. The Morgan fingerprint density at radius 2 is 1.86 bits per heavy atom. The molecule has 4 nitrogen and oxygen atoms in total. The second kappa shape index (κ2) is 8.73. The van der Waals surface area contributed by atoms with Crippen LogP contribution >= 0.6 is 0 Å². The van der Waals surface area contributed by atoms with E-state index < -0.39 is 0 Å². The Kier molecular flexibility index (Phi) is 6.65. The Morgan fingerprint density at radius 1 is 1.14 bits per heavy atom. The smallest absolute Gasteiger partial charge is 0.224 e. The summed E-state index contributed by atoms with van der Waals surface area (Å²) in [5, 5.41) is 3.87. The van der Waals surface area contributed by atoms with Gasteiger partial charge in [0.15, 0.2) is 0 Å². The lowest BCUT2D eigenvalue weighted by molar-refractivity contribution is -0.135. The molecule has 0 aliphatic carbocycles. The zero-order valence-electron chi connectivity index (χ0n) is 13.4. The van der Waals surface area contributed by atoms with Gasteiger partial charge in [-0.25, -0.2) is 9.40 Å². The highest BCUT2D eigenvalue weighted by Crippen LogP contribution is 2.20. The Hall–Kier alpha value is -1.62. The molecule has 0 bridgehead atoms. The van der Waals surface area contributed by atoms with E-state index in [0.29, 0.717) is 5.69 Å². The number of carbonyl (C=O) groups excluding carboxylic acids is 1. The molecule has 1 amide bonds. The van der Waals surface area contributed by atoms with Crippen molar-refractivity contribution in [1.82, 2.24) is 10.0 Å². The Labute approximate surface area is 132 Å². The number of anilines is 1. The first kappa shape index (κ1) is 16.7. The van der Waals surface area contributed by atoms with Gasteiger partial charge in [0.05, 0.1) is 5.69 Å². The monoisotopic (exact) mass is 307 g/mol. The van der Waals surface area contributed by atoms with Crippen molar-refractivity contribution in [3.63, 3.8) is 0 Å². The largest absolute Gasteiger partial charge is 0.366 e. The van der Waals surface area contributed by atoms with Gasteiger partial charge >= 0.3 is 0 Å². The number of carbonyl (C=O) groups is 1. The van der Waals surface area contributed by atoms with Crippen molar-refractivity contribution < 1.29 is 9.18 Å². The van der Waals surface area contributed by atoms with Gasteiger partial charge in [-0.2, -0.15) is 0 Å². The fraction of sp³-hybridized carbons (Fsp3) is 0.588. The van der Waals surface area contributed by atoms with E-state index >= 15 is 0 Å². The van der Waals surface area contributed by atoms with Crippen LogP contribution in [0.15, 0.2) is 24.3 Å². The fourth-order valence-electron chi connectivity index (χ4n) is 2.86. The molecule has 1 fully saturated rings. The van der Waals surface area contributed by atoms with Crippen LogP contribution in [0.2, 0.25) is 0 Å². The van der Waals surface area contributed by atoms with Crippen molar-refractivity contribution in [2.45, 2.75) is 32.6 Å². The van der Waals surface area contributed by atoms with Crippen LogP contribution in [0.4, 0.5) is 10.1 Å². The first-order valence-corrected chi connectivity index (χ1v) is 8.22. The number of piperazine rings is 1. The van der Waals surface area contributed by atoms with Crippen molar-refractivity contribution in [2.24, 2.45) is 0 Å². The molecule has 1 aliphatic rings. The van der Waals surface area contributed by atoms with Crippen molar-refractivity contribution in [3.8, 4) is 0 Å². The molecule has 1 aromatic rings. The molecule has 122 valence electrons.